The summed E-state index contributed by atoms with van der Waals surface area (Å²) < 4.78 is 0. The fourth-order valence-electron chi connectivity index (χ4n) is 3.40. The Labute approximate surface area is 178 Å². The second-order valence-corrected chi connectivity index (χ2v) is 8.38. The predicted octanol–water partition coefficient (Wildman–Crippen LogP) is 7.96. The Morgan fingerprint density at radius 3 is 2.00 bits per heavy atom. The van der Waals surface area contributed by atoms with Gasteiger partial charge in [-0.1, -0.05) is 103 Å². The van der Waals surface area contributed by atoms with Gasteiger partial charge in [0.1, 0.15) is 5.94 Å². The summed E-state index contributed by atoms with van der Waals surface area (Å²) in [7, 11) is 0. The van der Waals surface area contributed by atoms with Crippen LogP contribution in [0.25, 0.3) is 0 Å². The van der Waals surface area contributed by atoms with Crippen LogP contribution in [0, 0.1) is 5.41 Å². The van der Waals surface area contributed by atoms with Crippen LogP contribution in [0.5, 0.6) is 0 Å². The zero-order valence-corrected chi connectivity index (χ0v) is 19.0. The van der Waals surface area contributed by atoms with Crippen LogP contribution in [-0.2, 0) is 4.79 Å². The van der Waals surface area contributed by atoms with Crippen molar-refractivity contribution in [2.75, 3.05) is 0 Å². The van der Waals surface area contributed by atoms with Gasteiger partial charge in [-0.2, -0.15) is 0 Å². The van der Waals surface area contributed by atoms with E-state index in [2.05, 4.69) is 71.1 Å². The Hall–Kier alpha value is -2.63. The van der Waals surface area contributed by atoms with Gasteiger partial charge in [0.25, 0.3) is 0 Å². The molecule has 0 spiro atoms. The van der Waals surface area contributed by atoms with Crippen molar-refractivity contribution in [3.05, 3.63) is 101 Å². The molecule has 0 heterocycles. The second kappa shape index (κ2) is 12.8. The number of hydrogen-bond acceptors (Lipinski definition) is 1. The molecule has 0 aliphatic heterocycles. The van der Waals surface area contributed by atoms with Crippen molar-refractivity contribution in [1.29, 1.82) is 0 Å². The summed E-state index contributed by atoms with van der Waals surface area (Å²) in [6.45, 7) is 13.2. The largest absolute Gasteiger partial charge is 0.234 e. The molecule has 0 saturated heterocycles. The molecule has 154 valence electrons. The van der Waals surface area contributed by atoms with E-state index in [1.54, 1.807) is 12.0 Å². The SMILES string of the molecule is CC1=C(/C=C/C(C)=C/C=C/C(C)=C/C=C/C=C(C)/C=C/C=C=O)C(C)(C)CCC1. The third-order valence-electron chi connectivity index (χ3n) is 5.13. The molecular formula is C28H36O. The van der Waals surface area contributed by atoms with Gasteiger partial charge in [-0.25, -0.2) is 4.79 Å². The zero-order valence-electron chi connectivity index (χ0n) is 19.0. The molecule has 0 bridgehead atoms. The van der Waals surface area contributed by atoms with Gasteiger partial charge in [0.2, 0.25) is 0 Å². The van der Waals surface area contributed by atoms with Crippen molar-refractivity contribution < 1.29 is 4.79 Å². The fourth-order valence-corrected chi connectivity index (χ4v) is 3.40. The van der Waals surface area contributed by atoms with Crippen LogP contribution in [0.4, 0.5) is 0 Å². The first kappa shape index (κ1) is 24.4. The van der Waals surface area contributed by atoms with Crippen molar-refractivity contribution in [2.24, 2.45) is 5.41 Å². The van der Waals surface area contributed by atoms with E-state index >= 15 is 0 Å². The van der Waals surface area contributed by atoms with Gasteiger partial charge < -0.3 is 0 Å². The first-order valence-electron chi connectivity index (χ1n) is 10.4. The summed E-state index contributed by atoms with van der Waals surface area (Å²) in [5.74, 6) is 1.73. The molecule has 0 amide bonds. The average Bonchev–Trinajstić information content (AvgIpc) is 2.64. The highest BCUT2D eigenvalue weighted by molar-refractivity contribution is 5.49. The molecule has 0 aromatic carbocycles. The molecule has 0 saturated carbocycles. The second-order valence-electron chi connectivity index (χ2n) is 8.38. The van der Waals surface area contributed by atoms with E-state index in [0.717, 1.165) is 5.57 Å². The smallest absolute Gasteiger partial charge is 0.124 e. The van der Waals surface area contributed by atoms with E-state index < -0.39 is 0 Å². The molecule has 1 nitrogen and oxygen atoms in total. The summed E-state index contributed by atoms with van der Waals surface area (Å²) in [6.07, 6.45) is 27.7. The molecule has 0 fully saturated rings. The Morgan fingerprint density at radius 1 is 0.862 bits per heavy atom. The van der Waals surface area contributed by atoms with E-state index in [0.29, 0.717) is 0 Å². The molecule has 0 radical (unpaired) electrons. The van der Waals surface area contributed by atoms with Gasteiger partial charge in [-0.05, 0) is 57.9 Å². The molecule has 1 aliphatic rings. The topological polar surface area (TPSA) is 17.1 Å². The minimum Gasteiger partial charge on any atom is -0.234 e. The quantitative estimate of drug-likeness (QED) is 0.304. The van der Waals surface area contributed by atoms with Crippen molar-refractivity contribution in [3.8, 4) is 0 Å². The fraction of sp³-hybridized carbons (Fsp3) is 0.357. The maximum Gasteiger partial charge on any atom is 0.124 e. The van der Waals surface area contributed by atoms with Gasteiger partial charge in [-0.15, -0.1) is 0 Å². The third kappa shape index (κ3) is 9.92. The average molecular weight is 389 g/mol. The molecule has 0 aromatic heterocycles. The molecule has 0 atom stereocenters. The lowest BCUT2D eigenvalue weighted by molar-refractivity contribution is 0.377. The Morgan fingerprint density at radius 2 is 1.41 bits per heavy atom. The van der Waals surface area contributed by atoms with Gasteiger partial charge >= 0.3 is 0 Å². The lowest BCUT2D eigenvalue weighted by Gasteiger charge is -2.32. The van der Waals surface area contributed by atoms with Crippen LogP contribution in [0.1, 0.15) is 60.8 Å². The lowest BCUT2D eigenvalue weighted by Crippen LogP contribution is -2.19. The van der Waals surface area contributed by atoms with Crippen LogP contribution in [-0.4, -0.2) is 5.94 Å². The summed E-state index contributed by atoms with van der Waals surface area (Å²) in [4.78, 5) is 10.1. The first-order valence-corrected chi connectivity index (χ1v) is 10.4. The Bertz CT molecular complexity index is 839. The third-order valence-corrected chi connectivity index (χ3v) is 5.13. The van der Waals surface area contributed by atoms with Crippen molar-refractivity contribution in [3.63, 3.8) is 0 Å². The van der Waals surface area contributed by atoms with Crippen LogP contribution in [0.15, 0.2) is 101 Å². The summed E-state index contributed by atoms with van der Waals surface area (Å²) in [5.41, 5.74) is 6.83. The van der Waals surface area contributed by atoms with Crippen LogP contribution in [0.3, 0.4) is 0 Å². The van der Waals surface area contributed by atoms with Crippen LogP contribution < -0.4 is 0 Å². The normalized spacial score (nSPS) is 19.2. The molecule has 1 rings (SSSR count). The first-order chi connectivity index (χ1) is 13.8. The monoisotopic (exact) mass is 388 g/mol. The molecule has 0 aromatic rings. The molecule has 1 aliphatic carbocycles. The summed E-state index contributed by atoms with van der Waals surface area (Å²) in [5, 5.41) is 0. The highest BCUT2D eigenvalue weighted by Crippen LogP contribution is 2.40. The number of carbonyl (C=O) groups excluding carboxylic acids is 1. The molecule has 29 heavy (non-hydrogen) atoms. The Kier molecular flexibility index (Phi) is 10.7. The van der Waals surface area contributed by atoms with E-state index in [9.17, 15) is 4.79 Å². The summed E-state index contributed by atoms with van der Waals surface area (Å²) in [6, 6.07) is 0. The summed E-state index contributed by atoms with van der Waals surface area (Å²) >= 11 is 0. The van der Waals surface area contributed by atoms with Gasteiger partial charge in [-0.3, -0.25) is 0 Å². The number of rotatable bonds is 8. The van der Waals surface area contributed by atoms with E-state index in [4.69, 9.17) is 0 Å². The van der Waals surface area contributed by atoms with Crippen molar-refractivity contribution >= 4 is 5.94 Å². The highest BCUT2D eigenvalue weighted by atomic mass is 16.1. The van der Waals surface area contributed by atoms with Crippen LogP contribution in [0.2, 0.25) is 0 Å². The Balaban J connectivity index is 2.67. The molecule has 0 unspecified atom stereocenters. The van der Waals surface area contributed by atoms with Gasteiger partial charge in [0.05, 0.1) is 0 Å². The standard InChI is InChI=1S/C28H36O/c1-23(15-9-10-22-29)13-7-8-14-24(2)16-11-17-25(3)19-20-27-26(4)18-12-21-28(27,5)6/h7-11,13-17,19-20H,12,18,21H2,1-6H3/b8-7+,15-9+,16-11+,20-19+,23-13+,24-14+,25-17+. The predicted molar refractivity (Wildman–Crippen MR) is 128 cm³/mol. The maximum atomic E-state index is 10.1. The van der Waals surface area contributed by atoms with Gasteiger partial charge in [0.15, 0.2) is 0 Å². The maximum absolute atomic E-state index is 10.1. The van der Waals surface area contributed by atoms with Crippen molar-refractivity contribution in [1.82, 2.24) is 0 Å². The highest BCUT2D eigenvalue weighted by Gasteiger charge is 2.26. The van der Waals surface area contributed by atoms with E-state index in [-0.39, 0.29) is 5.41 Å². The number of allylic oxidation sites excluding steroid dienone is 17. The minimum atomic E-state index is 0.286. The zero-order chi connectivity index (χ0) is 21.7. The lowest BCUT2D eigenvalue weighted by atomic mass is 9.72. The minimum absolute atomic E-state index is 0.286. The molecular weight excluding hydrogens is 352 g/mol. The van der Waals surface area contributed by atoms with E-state index in [1.165, 1.54) is 47.6 Å². The molecule has 1 heteroatoms. The van der Waals surface area contributed by atoms with Crippen LogP contribution >= 0.6 is 0 Å². The van der Waals surface area contributed by atoms with Gasteiger partial charge in [0, 0.05) is 6.08 Å². The van der Waals surface area contributed by atoms with Crippen molar-refractivity contribution in [2.45, 2.75) is 60.8 Å². The molecule has 0 N–H and O–H groups in total. The number of hydrogen-bond donors (Lipinski definition) is 0. The van der Waals surface area contributed by atoms with E-state index in [1.807, 2.05) is 31.2 Å².